The molecule has 0 fully saturated rings. The van der Waals surface area contributed by atoms with E-state index in [2.05, 4.69) is 24.8 Å². The van der Waals surface area contributed by atoms with Crippen LogP contribution in [-0.2, 0) is 6.42 Å². The summed E-state index contributed by atoms with van der Waals surface area (Å²) in [6, 6.07) is 11.3. The first-order valence-electron chi connectivity index (χ1n) is 7.86. The molecule has 0 aliphatic rings. The van der Waals surface area contributed by atoms with Crippen LogP contribution in [0.4, 0.5) is 13.2 Å². The summed E-state index contributed by atoms with van der Waals surface area (Å²) in [5.41, 5.74) is 1.90. The molecule has 3 rings (SSSR count). The molecule has 0 nitrogen and oxygen atoms in total. The minimum absolute atomic E-state index is 0.0703. The van der Waals surface area contributed by atoms with Crippen LogP contribution in [0.1, 0.15) is 30.0 Å². The Kier molecular flexibility index (Phi) is 5.01. The normalized spacial score (nSPS) is 10.6. The van der Waals surface area contributed by atoms with Crippen molar-refractivity contribution in [1.82, 2.24) is 0 Å². The molecule has 126 valence electrons. The maximum Gasteiger partial charge on any atom is 0.194 e. The number of hydrogen-bond acceptors (Lipinski definition) is 0. The fraction of sp³-hybridized carbons (Fsp3) is 0.143. The lowest BCUT2D eigenvalue weighted by atomic mass is 10.0. The second-order valence-corrected chi connectivity index (χ2v) is 6.17. The molecule has 0 N–H and O–H groups in total. The summed E-state index contributed by atoms with van der Waals surface area (Å²) in [4.78, 5) is 0. The minimum Gasteiger partial charge on any atom is -0.204 e. The summed E-state index contributed by atoms with van der Waals surface area (Å²) in [7, 11) is 0. The number of fused-ring (bicyclic) bond motifs is 1. The average molecular weight is 359 g/mol. The van der Waals surface area contributed by atoms with E-state index in [4.69, 9.17) is 11.6 Å². The first-order chi connectivity index (χ1) is 12.0. The Labute approximate surface area is 149 Å². The molecule has 0 aliphatic heterocycles. The molecule has 0 radical (unpaired) electrons. The van der Waals surface area contributed by atoms with Gasteiger partial charge in [-0.05, 0) is 47.7 Å². The van der Waals surface area contributed by atoms with Crippen LogP contribution in [-0.4, -0.2) is 0 Å². The molecule has 0 atom stereocenters. The highest BCUT2D eigenvalue weighted by molar-refractivity contribution is 6.35. The van der Waals surface area contributed by atoms with Gasteiger partial charge in [0.25, 0.3) is 0 Å². The Morgan fingerprint density at radius 1 is 0.880 bits per heavy atom. The summed E-state index contributed by atoms with van der Waals surface area (Å²) < 4.78 is 39.4. The van der Waals surface area contributed by atoms with Gasteiger partial charge in [-0.1, -0.05) is 48.9 Å². The van der Waals surface area contributed by atoms with Gasteiger partial charge in [0.2, 0.25) is 0 Å². The lowest BCUT2D eigenvalue weighted by Crippen LogP contribution is -1.91. The Hall–Kier alpha value is -2.44. The topological polar surface area (TPSA) is 0 Å². The van der Waals surface area contributed by atoms with E-state index in [1.54, 1.807) is 0 Å². The van der Waals surface area contributed by atoms with Gasteiger partial charge < -0.3 is 0 Å². The molecular weight excluding hydrogens is 345 g/mol. The molecule has 0 saturated carbocycles. The van der Waals surface area contributed by atoms with E-state index >= 15 is 0 Å². The van der Waals surface area contributed by atoms with Crippen LogP contribution in [0.15, 0.2) is 42.5 Å². The maximum atomic E-state index is 13.2. The fourth-order valence-corrected chi connectivity index (χ4v) is 2.96. The van der Waals surface area contributed by atoms with Gasteiger partial charge in [0.05, 0.1) is 0 Å². The first-order valence-corrected chi connectivity index (χ1v) is 8.24. The Morgan fingerprint density at radius 3 is 2.24 bits per heavy atom. The molecule has 0 saturated heterocycles. The molecule has 0 spiro atoms. The summed E-state index contributed by atoms with van der Waals surface area (Å²) in [6.07, 6.45) is 2.00. The molecule has 25 heavy (non-hydrogen) atoms. The van der Waals surface area contributed by atoms with E-state index in [1.807, 2.05) is 24.3 Å². The first kappa shape index (κ1) is 17.4. The van der Waals surface area contributed by atoms with Crippen LogP contribution in [0, 0.1) is 29.3 Å². The van der Waals surface area contributed by atoms with Gasteiger partial charge in [-0.15, -0.1) is 0 Å². The van der Waals surface area contributed by atoms with Gasteiger partial charge in [-0.25, -0.2) is 13.2 Å². The van der Waals surface area contributed by atoms with E-state index in [0.29, 0.717) is 10.6 Å². The third kappa shape index (κ3) is 3.81. The maximum absolute atomic E-state index is 13.2. The van der Waals surface area contributed by atoms with Crippen molar-refractivity contribution in [2.75, 3.05) is 0 Å². The number of rotatable bonds is 2. The molecule has 0 heterocycles. The van der Waals surface area contributed by atoms with Crippen molar-refractivity contribution in [3.63, 3.8) is 0 Å². The van der Waals surface area contributed by atoms with Crippen LogP contribution in [0.25, 0.3) is 10.8 Å². The lowest BCUT2D eigenvalue weighted by Gasteiger charge is -2.06. The zero-order chi connectivity index (χ0) is 18.0. The van der Waals surface area contributed by atoms with Crippen LogP contribution in [0.2, 0.25) is 5.02 Å². The van der Waals surface area contributed by atoms with Gasteiger partial charge in [0.1, 0.15) is 0 Å². The number of hydrogen-bond donors (Lipinski definition) is 0. The summed E-state index contributed by atoms with van der Waals surface area (Å²) in [5.74, 6) is 1.47. The third-order valence-corrected chi connectivity index (χ3v) is 4.15. The largest absolute Gasteiger partial charge is 0.204 e. The van der Waals surface area contributed by atoms with Crippen molar-refractivity contribution >= 4 is 22.4 Å². The summed E-state index contributed by atoms with van der Waals surface area (Å²) >= 11 is 6.36. The summed E-state index contributed by atoms with van der Waals surface area (Å²) in [6.45, 7) is 2.11. The zero-order valence-electron chi connectivity index (χ0n) is 13.5. The molecular formula is C21H14ClF3. The van der Waals surface area contributed by atoms with Gasteiger partial charge in [0, 0.05) is 21.5 Å². The zero-order valence-corrected chi connectivity index (χ0v) is 14.2. The molecule has 0 aliphatic carbocycles. The van der Waals surface area contributed by atoms with Crippen molar-refractivity contribution in [1.29, 1.82) is 0 Å². The SMILES string of the molecule is CCCc1cc(Cl)c2cc(C#Cc3cc(F)c(F)c(F)c3)ccc2c1. The third-order valence-electron chi connectivity index (χ3n) is 3.84. The van der Waals surface area contributed by atoms with Gasteiger partial charge in [0.15, 0.2) is 17.5 Å². The smallest absolute Gasteiger partial charge is 0.194 e. The van der Waals surface area contributed by atoms with E-state index in [-0.39, 0.29) is 5.56 Å². The molecule has 0 bridgehead atoms. The average Bonchev–Trinajstić information content (AvgIpc) is 2.58. The second-order valence-electron chi connectivity index (χ2n) is 5.77. The van der Waals surface area contributed by atoms with Crippen LogP contribution in [0.3, 0.4) is 0 Å². The van der Waals surface area contributed by atoms with E-state index < -0.39 is 17.5 Å². The number of halogens is 4. The van der Waals surface area contributed by atoms with Crippen molar-refractivity contribution in [3.05, 3.63) is 81.6 Å². The predicted molar refractivity (Wildman–Crippen MR) is 95.2 cm³/mol. The van der Waals surface area contributed by atoms with Crippen molar-refractivity contribution < 1.29 is 13.2 Å². The van der Waals surface area contributed by atoms with Crippen LogP contribution >= 0.6 is 11.6 Å². The second kappa shape index (κ2) is 7.21. The van der Waals surface area contributed by atoms with E-state index in [9.17, 15) is 13.2 Å². The highest BCUT2D eigenvalue weighted by Crippen LogP contribution is 2.27. The van der Waals surface area contributed by atoms with Crippen molar-refractivity contribution in [2.45, 2.75) is 19.8 Å². The molecule has 0 unspecified atom stereocenters. The predicted octanol–water partition coefficient (Wildman–Crippen LogP) is 6.26. The highest BCUT2D eigenvalue weighted by Gasteiger charge is 2.09. The van der Waals surface area contributed by atoms with E-state index in [1.165, 1.54) is 5.56 Å². The lowest BCUT2D eigenvalue weighted by molar-refractivity contribution is 0.446. The summed E-state index contributed by atoms with van der Waals surface area (Å²) in [5, 5.41) is 2.52. The van der Waals surface area contributed by atoms with Gasteiger partial charge >= 0.3 is 0 Å². The van der Waals surface area contributed by atoms with Gasteiger partial charge in [-0.2, -0.15) is 0 Å². The Morgan fingerprint density at radius 2 is 1.56 bits per heavy atom. The minimum atomic E-state index is -1.49. The van der Waals surface area contributed by atoms with E-state index in [0.717, 1.165) is 35.7 Å². The van der Waals surface area contributed by atoms with Crippen molar-refractivity contribution in [2.24, 2.45) is 0 Å². The molecule has 3 aromatic rings. The monoisotopic (exact) mass is 358 g/mol. The Balaban J connectivity index is 1.98. The standard InChI is InChI=1S/C21H14ClF3/c1-2-3-14-8-16-7-6-13(9-17(16)18(22)10-14)4-5-15-11-19(23)21(25)20(24)12-15/h6-12H,2-3H2,1H3. The quantitative estimate of drug-likeness (QED) is 0.374. The highest BCUT2D eigenvalue weighted by atomic mass is 35.5. The molecule has 0 aromatic heterocycles. The number of benzene rings is 3. The molecule has 4 heteroatoms. The molecule has 3 aromatic carbocycles. The van der Waals surface area contributed by atoms with Gasteiger partial charge in [-0.3, -0.25) is 0 Å². The molecule has 0 amide bonds. The van der Waals surface area contributed by atoms with Crippen molar-refractivity contribution in [3.8, 4) is 11.8 Å². The number of aryl methyl sites for hydroxylation is 1. The fourth-order valence-electron chi connectivity index (χ4n) is 2.65. The Bertz CT molecular complexity index is 990. The van der Waals surface area contributed by atoms with Crippen LogP contribution in [0.5, 0.6) is 0 Å². The van der Waals surface area contributed by atoms with Crippen LogP contribution < -0.4 is 0 Å².